The van der Waals surface area contributed by atoms with Gasteiger partial charge in [-0.05, 0) is 47.8 Å². The summed E-state index contributed by atoms with van der Waals surface area (Å²) in [6.45, 7) is 8.65. The van der Waals surface area contributed by atoms with Crippen LogP contribution in [-0.2, 0) is 9.59 Å². The van der Waals surface area contributed by atoms with Gasteiger partial charge in [-0.1, -0.05) is 27.7 Å². The highest BCUT2D eigenvalue weighted by molar-refractivity contribution is 5.96. The SMILES string of the molecule is CC1(C)CC[C@@H](O)[C@]2(C)[C@@H]1C(=O)C[C@@]13C[C@H]4[C@@H](C(=O)[C@H]12)[C@]4(C)C3. The van der Waals surface area contributed by atoms with Gasteiger partial charge in [-0.15, -0.1) is 0 Å². The Morgan fingerprint density at radius 3 is 2.39 bits per heavy atom. The van der Waals surface area contributed by atoms with Gasteiger partial charge < -0.3 is 5.11 Å². The monoisotopic (exact) mass is 316 g/mol. The number of Topliss-reactive ketones (excluding diaryl/α,β-unsaturated/α-hetero) is 2. The van der Waals surface area contributed by atoms with Crippen LogP contribution in [0.25, 0.3) is 0 Å². The minimum absolute atomic E-state index is 0.0934. The molecule has 0 aromatic carbocycles. The average Bonchev–Trinajstić information content (AvgIpc) is 2.87. The Morgan fingerprint density at radius 1 is 1.09 bits per heavy atom. The zero-order valence-corrected chi connectivity index (χ0v) is 14.7. The van der Waals surface area contributed by atoms with Gasteiger partial charge in [-0.25, -0.2) is 0 Å². The molecule has 23 heavy (non-hydrogen) atoms. The minimum Gasteiger partial charge on any atom is -0.393 e. The van der Waals surface area contributed by atoms with E-state index in [4.69, 9.17) is 0 Å². The van der Waals surface area contributed by atoms with Crippen LogP contribution < -0.4 is 0 Å². The quantitative estimate of drug-likeness (QED) is 0.747. The molecule has 0 saturated heterocycles. The second-order valence-electron chi connectivity index (χ2n) is 10.7. The molecule has 6 rings (SSSR count). The van der Waals surface area contributed by atoms with Crippen molar-refractivity contribution in [1.82, 2.24) is 0 Å². The van der Waals surface area contributed by atoms with Crippen LogP contribution in [0.2, 0.25) is 0 Å². The highest BCUT2D eigenvalue weighted by Gasteiger charge is 2.83. The van der Waals surface area contributed by atoms with Crippen molar-refractivity contribution in [2.45, 2.75) is 65.9 Å². The molecule has 0 aliphatic heterocycles. The van der Waals surface area contributed by atoms with Gasteiger partial charge in [0.2, 0.25) is 0 Å². The standard InChI is InChI=1S/C20H28O3/c1-17(2)6-5-12(22)19(4)15(17)11(21)8-20-7-10-13(14(23)16(19)20)18(10,3)9-20/h10,12-13,15-16,22H,5-9H2,1-4H3/t10-,12+,13-,15+,16-,18+,19+,20+/m0/s1. The number of carbonyl (C=O) groups is 2. The number of ketones is 2. The first-order chi connectivity index (χ1) is 10.6. The summed E-state index contributed by atoms with van der Waals surface area (Å²) in [5.74, 6) is 1.20. The molecule has 1 N–H and O–H groups in total. The van der Waals surface area contributed by atoms with Crippen molar-refractivity contribution in [1.29, 1.82) is 0 Å². The molecule has 8 atom stereocenters. The Balaban J connectivity index is 1.69. The van der Waals surface area contributed by atoms with E-state index in [0.717, 1.165) is 25.7 Å². The number of aliphatic hydroxyl groups is 1. The van der Waals surface area contributed by atoms with Crippen molar-refractivity contribution < 1.29 is 14.7 Å². The zero-order chi connectivity index (χ0) is 16.6. The Morgan fingerprint density at radius 2 is 1.78 bits per heavy atom. The average molecular weight is 316 g/mol. The van der Waals surface area contributed by atoms with E-state index in [1.54, 1.807) is 0 Å². The van der Waals surface area contributed by atoms with Gasteiger partial charge in [-0.3, -0.25) is 9.59 Å². The number of hydrogen-bond donors (Lipinski definition) is 1. The molecule has 6 aliphatic rings. The summed E-state index contributed by atoms with van der Waals surface area (Å²) in [4.78, 5) is 26.6. The Labute approximate surface area is 138 Å². The molecule has 3 heteroatoms. The van der Waals surface area contributed by atoms with Gasteiger partial charge in [0.25, 0.3) is 0 Å². The highest BCUT2D eigenvalue weighted by Crippen LogP contribution is 2.84. The molecule has 0 heterocycles. The largest absolute Gasteiger partial charge is 0.393 e. The lowest BCUT2D eigenvalue weighted by atomic mass is 9.38. The molecule has 6 fully saturated rings. The topological polar surface area (TPSA) is 54.4 Å². The zero-order valence-electron chi connectivity index (χ0n) is 14.7. The van der Waals surface area contributed by atoms with Crippen LogP contribution in [0.15, 0.2) is 0 Å². The van der Waals surface area contributed by atoms with Crippen molar-refractivity contribution in [3.63, 3.8) is 0 Å². The van der Waals surface area contributed by atoms with Gasteiger partial charge in [0.15, 0.2) is 0 Å². The predicted molar refractivity (Wildman–Crippen MR) is 85.5 cm³/mol. The Kier molecular flexibility index (Phi) is 2.30. The number of aliphatic hydroxyl groups excluding tert-OH is 1. The molecule has 3 nitrogen and oxygen atoms in total. The normalized spacial score (nSPS) is 61.9. The van der Waals surface area contributed by atoms with E-state index < -0.39 is 11.5 Å². The van der Waals surface area contributed by atoms with Crippen molar-refractivity contribution in [3.05, 3.63) is 0 Å². The van der Waals surface area contributed by atoms with Crippen molar-refractivity contribution >= 4 is 11.6 Å². The molecule has 0 unspecified atom stereocenters. The number of fused-ring (bicyclic) bond motifs is 1. The molecule has 0 amide bonds. The first kappa shape index (κ1) is 14.6. The van der Waals surface area contributed by atoms with Gasteiger partial charge in [0, 0.05) is 29.6 Å². The van der Waals surface area contributed by atoms with Crippen LogP contribution in [0.4, 0.5) is 0 Å². The number of hydrogen-bond acceptors (Lipinski definition) is 3. The van der Waals surface area contributed by atoms with Gasteiger partial charge in [0.1, 0.15) is 11.6 Å². The molecular weight excluding hydrogens is 288 g/mol. The highest BCUT2D eigenvalue weighted by atomic mass is 16.3. The third-order valence-corrected chi connectivity index (χ3v) is 9.07. The van der Waals surface area contributed by atoms with Crippen LogP contribution >= 0.6 is 0 Å². The lowest BCUT2D eigenvalue weighted by Gasteiger charge is -2.64. The van der Waals surface area contributed by atoms with Gasteiger partial charge in [-0.2, -0.15) is 0 Å². The maximum Gasteiger partial charge on any atom is 0.141 e. The molecule has 0 radical (unpaired) electrons. The molecular formula is C20H28O3. The summed E-state index contributed by atoms with van der Waals surface area (Å²) in [6, 6.07) is 0. The van der Waals surface area contributed by atoms with Gasteiger partial charge >= 0.3 is 0 Å². The van der Waals surface area contributed by atoms with Crippen LogP contribution in [0.3, 0.4) is 0 Å². The lowest BCUT2D eigenvalue weighted by Crippen LogP contribution is -2.67. The van der Waals surface area contributed by atoms with E-state index in [2.05, 4.69) is 27.7 Å². The van der Waals surface area contributed by atoms with E-state index in [-0.39, 0.29) is 34.0 Å². The molecule has 6 saturated carbocycles. The van der Waals surface area contributed by atoms with Crippen LogP contribution in [0.5, 0.6) is 0 Å². The van der Waals surface area contributed by atoms with E-state index >= 15 is 0 Å². The summed E-state index contributed by atoms with van der Waals surface area (Å²) in [6.07, 6.45) is 3.74. The lowest BCUT2D eigenvalue weighted by molar-refractivity contribution is -0.204. The first-order valence-corrected chi connectivity index (χ1v) is 9.32. The first-order valence-electron chi connectivity index (χ1n) is 9.32. The van der Waals surface area contributed by atoms with Crippen molar-refractivity contribution in [2.24, 2.45) is 45.3 Å². The molecule has 0 aromatic heterocycles. The second kappa shape index (κ2) is 3.61. The van der Waals surface area contributed by atoms with Crippen LogP contribution in [0.1, 0.15) is 59.8 Å². The third kappa shape index (κ3) is 1.33. The van der Waals surface area contributed by atoms with E-state index in [9.17, 15) is 14.7 Å². The Hall–Kier alpha value is -0.700. The molecule has 126 valence electrons. The Bertz CT molecular complexity index is 651. The third-order valence-electron chi connectivity index (χ3n) is 9.07. The number of carbonyl (C=O) groups excluding carboxylic acids is 2. The summed E-state index contributed by atoms with van der Waals surface area (Å²) < 4.78 is 0. The van der Waals surface area contributed by atoms with E-state index in [1.807, 2.05) is 0 Å². The van der Waals surface area contributed by atoms with Crippen LogP contribution in [-0.4, -0.2) is 22.8 Å². The fraction of sp³-hybridized carbons (Fsp3) is 0.900. The fourth-order valence-electron chi connectivity index (χ4n) is 8.54. The smallest absolute Gasteiger partial charge is 0.141 e. The molecule has 1 spiro atoms. The summed E-state index contributed by atoms with van der Waals surface area (Å²) >= 11 is 0. The van der Waals surface area contributed by atoms with Crippen molar-refractivity contribution in [2.75, 3.05) is 0 Å². The number of rotatable bonds is 0. The molecule has 6 aliphatic carbocycles. The molecule has 4 bridgehead atoms. The van der Waals surface area contributed by atoms with E-state index in [1.165, 1.54) is 0 Å². The summed E-state index contributed by atoms with van der Waals surface area (Å²) in [5, 5.41) is 11.0. The maximum absolute atomic E-state index is 13.3. The van der Waals surface area contributed by atoms with Crippen molar-refractivity contribution in [3.8, 4) is 0 Å². The van der Waals surface area contributed by atoms with E-state index in [0.29, 0.717) is 23.9 Å². The molecule has 0 aromatic rings. The maximum atomic E-state index is 13.3. The predicted octanol–water partition coefficient (Wildman–Crippen LogP) is 2.99. The summed E-state index contributed by atoms with van der Waals surface area (Å²) in [5.41, 5.74) is -0.627. The van der Waals surface area contributed by atoms with Crippen LogP contribution in [0, 0.1) is 45.3 Å². The minimum atomic E-state index is -0.553. The fourth-order valence-corrected chi connectivity index (χ4v) is 8.54. The van der Waals surface area contributed by atoms with Gasteiger partial charge in [0.05, 0.1) is 6.10 Å². The second-order valence-corrected chi connectivity index (χ2v) is 10.7. The summed E-state index contributed by atoms with van der Waals surface area (Å²) in [7, 11) is 0.